The van der Waals surface area contributed by atoms with Gasteiger partial charge in [-0.15, -0.1) is 0 Å². The fraction of sp³-hybridized carbons (Fsp3) is 0.125. The van der Waals surface area contributed by atoms with Gasteiger partial charge in [-0.05, 0) is 28.3 Å². The number of rotatable bonds is 2. The minimum absolute atomic E-state index is 0.346. The Labute approximate surface area is 116 Å². The van der Waals surface area contributed by atoms with Gasteiger partial charge in [-0.1, -0.05) is 48.0 Å². The molecule has 0 spiro atoms. The lowest BCUT2D eigenvalue weighted by Crippen LogP contribution is -2.20. The quantitative estimate of drug-likeness (QED) is 0.785. The summed E-state index contributed by atoms with van der Waals surface area (Å²) in [7, 11) is 0. The van der Waals surface area contributed by atoms with Crippen molar-refractivity contribution in [3.63, 3.8) is 0 Å². The molecule has 1 aliphatic carbocycles. The van der Waals surface area contributed by atoms with Crippen LogP contribution >= 0.6 is 11.6 Å². The highest BCUT2D eigenvalue weighted by atomic mass is 35.5. The van der Waals surface area contributed by atoms with Crippen molar-refractivity contribution >= 4 is 24.2 Å². The minimum Gasteiger partial charge on any atom is -0.302 e. The molecule has 0 saturated carbocycles. The largest absolute Gasteiger partial charge is 0.302 e. The van der Waals surface area contributed by atoms with Gasteiger partial charge < -0.3 is 9.59 Å². The lowest BCUT2D eigenvalue weighted by Gasteiger charge is -2.29. The molecule has 2 aromatic rings. The summed E-state index contributed by atoms with van der Waals surface area (Å²) in [5, 5.41) is 0.538. The predicted octanol–water partition coefficient (Wildman–Crippen LogP) is 3.32. The van der Waals surface area contributed by atoms with Crippen LogP contribution in [0.2, 0.25) is 5.02 Å². The van der Waals surface area contributed by atoms with E-state index in [0.29, 0.717) is 5.02 Å². The van der Waals surface area contributed by atoms with Crippen molar-refractivity contribution in [3.05, 3.63) is 69.7 Å². The van der Waals surface area contributed by atoms with Gasteiger partial charge in [-0.2, -0.15) is 0 Å². The smallest absolute Gasteiger partial charge is 0.131 e. The van der Waals surface area contributed by atoms with Gasteiger partial charge in [-0.25, -0.2) is 0 Å². The maximum absolute atomic E-state index is 11.5. The third-order valence-corrected chi connectivity index (χ3v) is 4.00. The first kappa shape index (κ1) is 12.1. The van der Waals surface area contributed by atoms with E-state index in [1.54, 1.807) is 6.07 Å². The molecule has 0 bridgehead atoms. The summed E-state index contributed by atoms with van der Waals surface area (Å²) in [5.41, 5.74) is 3.35. The van der Waals surface area contributed by atoms with Crippen molar-refractivity contribution in [2.24, 2.45) is 0 Å². The summed E-state index contributed by atoms with van der Waals surface area (Å²) in [6.07, 6.45) is 1.81. The van der Waals surface area contributed by atoms with Gasteiger partial charge in [0.1, 0.15) is 12.6 Å². The molecule has 0 radical (unpaired) electrons. The van der Waals surface area contributed by atoms with E-state index in [1.165, 1.54) is 0 Å². The third-order valence-electron chi connectivity index (χ3n) is 3.67. The predicted molar refractivity (Wildman–Crippen MR) is 73.7 cm³/mol. The molecule has 0 saturated heterocycles. The summed E-state index contributed by atoms with van der Waals surface area (Å²) in [5.74, 6) is -0.739. The highest BCUT2D eigenvalue weighted by Gasteiger charge is 2.32. The molecule has 94 valence electrons. The van der Waals surface area contributed by atoms with E-state index in [0.717, 1.165) is 34.8 Å². The first-order valence-corrected chi connectivity index (χ1v) is 6.43. The van der Waals surface area contributed by atoms with Crippen molar-refractivity contribution in [3.8, 4) is 0 Å². The van der Waals surface area contributed by atoms with E-state index >= 15 is 0 Å². The first-order chi connectivity index (χ1) is 9.27. The van der Waals surface area contributed by atoms with Crippen LogP contribution in [0.1, 0.15) is 34.1 Å². The highest BCUT2D eigenvalue weighted by molar-refractivity contribution is 6.31. The zero-order valence-corrected chi connectivity index (χ0v) is 10.8. The zero-order valence-electron chi connectivity index (χ0n) is 10.0. The summed E-state index contributed by atoms with van der Waals surface area (Å²) >= 11 is 6.23. The highest BCUT2D eigenvalue weighted by Crippen LogP contribution is 2.44. The van der Waals surface area contributed by atoms with Crippen LogP contribution < -0.4 is 0 Å². The van der Waals surface area contributed by atoms with Crippen molar-refractivity contribution in [2.45, 2.75) is 11.8 Å². The van der Waals surface area contributed by atoms with Gasteiger partial charge in [-0.3, -0.25) is 0 Å². The van der Waals surface area contributed by atoms with Crippen LogP contribution in [0.25, 0.3) is 0 Å². The third kappa shape index (κ3) is 1.71. The molecule has 3 rings (SSSR count). The molecule has 2 aromatic carbocycles. The summed E-state index contributed by atoms with van der Waals surface area (Å²) < 4.78 is 0. The van der Waals surface area contributed by atoms with Crippen LogP contribution in [-0.2, 0) is 9.59 Å². The second-order valence-corrected chi connectivity index (χ2v) is 5.01. The van der Waals surface area contributed by atoms with E-state index in [9.17, 15) is 9.59 Å². The van der Waals surface area contributed by atoms with Crippen LogP contribution in [0.4, 0.5) is 0 Å². The van der Waals surface area contributed by atoms with Crippen LogP contribution in [-0.4, -0.2) is 12.6 Å². The monoisotopic (exact) mass is 270 g/mol. The van der Waals surface area contributed by atoms with Gasteiger partial charge in [0.25, 0.3) is 0 Å². The molecule has 0 aliphatic heterocycles. The Hall–Kier alpha value is -1.93. The Morgan fingerprint density at radius 2 is 1.37 bits per heavy atom. The van der Waals surface area contributed by atoms with E-state index in [1.807, 2.05) is 36.4 Å². The topological polar surface area (TPSA) is 34.1 Å². The Morgan fingerprint density at radius 3 is 2.00 bits per heavy atom. The molecule has 2 atom stereocenters. The van der Waals surface area contributed by atoms with Gasteiger partial charge >= 0.3 is 0 Å². The average molecular weight is 271 g/mol. The molecule has 1 aliphatic rings. The van der Waals surface area contributed by atoms with E-state index in [-0.39, 0.29) is 5.92 Å². The number of fused-ring (bicyclic) bond motifs is 2. The van der Waals surface area contributed by atoms with Gasteiger partial charge in [0.2, 0.25) is 0 Å². The van der Waals surface area contributed by atoms with Gasteiger partial charge in [0.05, 0.1) is 11.8 Å². The number of benzene rings is 2. The molecular formula is C16H11ClO2. The zero-order chi connectivity index (χ0) is 13.4. The fourth-order valence-corrected chi connectivity index (χ4v) is 3.14. The number of hydrogen-bond acceptors (Lipinski definition) is 2. The van der Waals surface area contributed by atoms with Crippen molar-refractivity contribution in [1.82, 2.24) is 0 Å². The first-order valence-electron chi connectivity index (χ1n) is 6.05. The Bertz CT molecular complexity index is 664. The van der Waals surface area contributed by atoms with E-state index < -0.39 is 5.92 Å². The van der Waals surface area contributed by atoms with Crippen LogP contribution in [0.15, 0.2) is 42.5 Å². The normalized spacial score (nSPS) is 20.3. The van der Waals surface area contributed by atoms with Crippen molar-refractivity contribution in [2.75, 3.05) is 0 Å². The summed E-state index contributed by atoms with van der Waals surface area (Å²) in [6.45, 7) is 0. The minimum atomic E-state index is -0.393. The number of aldehydes is 2. The molecular weight excluding hydrogens is 260 g/mol. The molecule has 3 heteroatoms. The average Bonchev–Trinajstić information content (AvgIpc) is 2.45. The Kier molecular flexibility index (Phi) is 2.96. The van der Waals surface area contributed by atoms with Crippen molar-refractivity contribution < 1.29 is 9.59 Å². The number of carbonyl (C=O) groups excluding carboxylic acids is 2. The molecule has 0 amide bonds. The lowest BCUT2D eigenvalue weighted by molar-refractivity contribution is -0.109. The standard InChI is InChI=1S/C16H11ClO2/c17-15-7-3-6-12-13(8-18)10-4-1-2-5-11(10)14(9-19)16(12)15/h1-9,13-14H/t13-,14+/m1/s1. The van der Waals surface area contributed by atoms with Gasteiger partial charge in [0.15, 0.2) is 0 Å². The fourth-order valence-electron chi connectivity index (χ4n) is 2.84. The summed E-state index contributed by atoms with van der Waals surface area (Å²) in [4.78, 5) is 22.9. The molecule has 0 aromatic heterocycles. The summed E-state index contributed by atoms with van der Waals surface area (Å²) in [6, 6.07) is 13.0. The lowest BCUT2D eigenvalue weighted by atomic mass is 9.73. The molecule has 0 fully saturated rings. The Morgan fingerprint density at radius 1 is 0.789 bits per heavy atom. The second kappa shape index (κ2) is 4.63. The molecule has 19 heavy (non-hydrogen) atoms. The molecule has 0 N–H and O–H groups in total. The van der Waals surface area contributed by atoms with E-state index in [2.05, 4.69) is 0 Å². The van der Waals surface area contributed by atoms with Gasteiger partial charge in [0, 0.05) is 5.02 Å². The maximum Gasteiger partial charge on any atom is 0.131 e. The SMILES string of the molecule is O=C[C@@H]1c2ccccc2[C@H](C=O)c2c(Cl)cccc21. The van der Waals surface area contributed by atoms with Crippen LogP contribution in [0.3, 0.4) is 0 Å². The Balaban J connectivity index is 2.35. The van der Waals surface area contributed by atoms with Crippen molar-refractivity contribution in [1.29, 1.82) is 0 Å². The number of carbonyl (C=O) groups is 2. The molecule has 0 heterocycles. The van der Waals surface area contributed by atoms with E-state index in [4.69, 9.17) is 11.6 Å². The number of halogens is 1. The maximum atomic E-state index is 11.5. The van der Waals surface area contributed by atoms with Crippen LogP contribution in [0.5, 0.6) is 0 Å². The molecule has 0 unspecified atom stereocenters. The molecule has 2 nitrogen and oxygen atoms in total. The second-order valence-electron chi connectivity index (χ2n) is 4.60. The number of hydrogen-bond donors (Lipinski definition) is 0. The van der Waals surface area contributed by atoms with Crippen LogP contribution in [0, 0.1) is 0 Å².